The molecule has 0 fully saturated rings. The molecule has 0 unspecified atom stereocenters. The number of aryl methyl sites for hydroxylation is 1. The molecule has 27 heavy (non-hydrogen) atoms. The molecular weight excluding hydrogens is 405 g/mol. The van der Waals surface area contributed by atoms with Crippen LogP contribution in [0.2, 0.25) is 10.0 Å². The fourth-order valence-corrected chi connectivity index (χ4v) is 4.22. The first-order valence-electron chi connectivity index (χ1n) is 7.93. The Kier molecular flexibility index (Phi) is 4.46. The second kappa shape index (κ2) is 6.67. The minimum atomic E-state index is -0.445. The van der Waals surface area contributed by atoms with E-state index in [0.29, 0.717) is 15.2 Å². The van der Waals surface area contributed by atoms with Crippen LogP contribution in [0, 0.1) is 19.3 Å². The van der Waals surface area contributed by atoms with Gasteiger partial charge in [-0.05, 0) is 61.5 Å². The lowest BCUT2D eigenvalue weighted by Crippen LogP contribution is -2.35. The van der Waals surface area contributed by atoms with Crippen molar-refractivity contribution in [3.8, 4) is 5.69 Å². The number of carbonyl (C=O) groups is 1. The minimum absolute atomic E-state index is 0.0156. The van der Waals surface area contributed by atoms with Crippen LogP contribution in [0.25, 0.3) is 11.8 Å². The molecule has 9 heteroatoms. The average Bonchev–Trinajstić information content (AvgIpc) is 3.15. The van der Waals surface area contributed by atoms with Crippen molar-refractivity contribution in [2.24, 2.45) is 10.1 Å². The summed E-state index contributed by atoms with van der Waals surface area (Å²) in [7, 11) is 0. The fourth-order valence-electron chi connectivity index (χ4n) is 3.09. The molecule has 2 aliphatic heterocycles. The van der Waals surface area contributed by atoms with Crippen LogP contribution in [0.1, 0.15) is 17.0 Å². The summed E-state index contributed by atoms with van der Waals surface area (Å²) in [5, 5.41) is 15.2. The highest BCUT2D eigenvalue weighted by molar-refractivity contribution is 8.25. The van der Waals surface area contributed by atoms with Gasteiger partial charge in [-0.25, -0.2) is 0 Å². The molecule has 4 rings (SSSR count). The van der Waals surface area contributed by atoms with Crippen molar-refractivity contribution < 1.29 is 4.79 Å². The van der Waals surface area contributed by atoms with Crippen LogP contribution in [0.5, 0.6) is 0 Å². The Hall–Kier alpha value is -2.35. The van der Waals surface area contributed by atoms with Crippen molar-refractivity contribution >= 4 is 63.5 Å². The van der Waals surface area contributed by atoms with Gasteiger partial charge in [-0.3, -0.25) is 10.2 Å². The number of hydrogen-bond donors (Lipinski definition) is 1. The molecule has 0 radical (unpaired) electrons. The Bertz CT molecular complexity index is 1080. The maximum atomic E-state index is 12.4. The third-order valence-corrected chi connectivity index (χ3v) is 5.38. The van der Waals surface area contributed by atoms with Crippen molar-refractivity contribution in [3.05, 3.63) is 56.8 Å². The third-order valence-electron chi connectivity index (χ3n) is 4.27. The molecule has 0 saturated carbocycles. The molecule has 0 aliphatic carbocycles. The highest BCUT2D eigenvalue weighted by Crippen LogP contribution is 2.29. The summed E-state index contributed by atoms with van der Waals surface area (Å²) >= 11 is 13.5. The number of carbonyl (C=O) groups excluding carboxylic acids is 1. The molecule has 6 nitrogen and oxygen atoms in total. The van der Waals surface area contributed by atoms with Crippen molar-refractivity contribution in [2.45, 2.75) is 13.8 Å². The number of halogens is 2. The highest BCUT2D eigenvalue weighted by Gasteiger charge is 2.32. The van der Waals surface area contributed by atoms with E-state index in [1.807, 2.05) is 36.6 Å². The lowest BCUT2D eigenvalue weighted by molar-refractivity contribution is -0.114. The molecule has 1 aromatic carbocycles. The Balaban J connectivity index is 1.80. The van der Waals surface area contributed by atoms with E-state index >= 15 is 0 Å². The van der Waals surface area contributed by atoms with E-state index < -0.39 is 5.91 Å². The van der Waals surface area contributed by atoms with Crippen LogP contribution < -0.4 is 0 Å². The molecule has 0 bridgehead atoms. The summed E-state index contributed by atoms with van der Waals surface area (Å²) in [4.78, 5) is 16.4. The van der Waals surface area contributed by atoms with Gasteiger partial charge in [0.2, 0.25) is 0 Å². The lowest BCUT2D eigenvalue weighted by atomic mass is 10.1. The van der Waals surface area contributed by atoms with E-state index in [-0.39, 0.29) is 11.4 Å². The molecular formula is C18H13Cl2N5OS. The van der Waals surface area contributed by atoms with Crippen LogP contribution >= 0.6 is 35.0 Å². The molecule has 0 saturated heterocycles. The predicted octanol–water partition coefficient (Wildman–Crippen LogP) is 4.65. The van der Waals surface area contributed by atoms with Gasteiger partial charge in [0.25, 0.3) is 5.91 Å². The molecule has 1 amide bonds. The van der Waals surface area contributed by atoms with Gasteiger partial charge in [-0.1, -0.05) is 23.2 Å². The van der Waals surface area contributed by atoms with Gasteiger partial charge in [0, 0.05) is 27.1 Å². The van der Waals surface area contributed by atoms with Gasteiger partial charge in [0.1, 0.15) is 0 Å². The predicted molar refractivity (Wildman–Crippen MR) is 111 cm³/mol. The number of aliphatic imine (C=N–C) groups is 1. The summed E-state index contributed by atoms with van der Waals surface area (Å²) in [6, 6.07) is 7.27. The Labute approximate surface area is 169 Å². The molecule has 2 aromatic rings. The average molecular weight is 418 g/mol. The molecule has 3 heterocycles. The summed E-state index contributed by atoms with van der Waals surface area (Å²) in [5.41, 5.74) is 5.24. The van der Waals surface area contributed by atoms with Crippen LogP contribution in [-0.4, -0.2) is 32.0 Å². The normalized spacial score (nSPS) is 17.7. The van der Waals surface area contributed by atoms with E-state index in [1.165, 1.54) is 16.8 Å². The number of thioether (sulfide) groups is 1. The molecule has 0 spiro atoms. The number of amides is 1. The standard InChI is InChI=1S/C18H13Cl2N5OS/c1-9-3-11(10(2)24(9)14-6-12(19)5-13(20)7-14)4-15-16(21)25-18(23-17(15)26)27-8-22-25/h3-8,21H,1-2H3/b15-4+,21-16?. The fraction of sp³-hybridized carbons (Fsp3) is 0.111. The molecule has 1 N–H and O–H groups in total. The second-order valence-electron chi connectivity index (χ2n) is 6.05. The third kappa shape index (κ3) is 3.12. The SMILES string of the molecule is Cc1cc(/C=C2\C(=N)N3N=CSC3=NC2=O)c(C)n1-c1cc(Cl)cc(Cl)c1. The number of rotatable bonds is 2. The highest BCUT2D eigenvalue weighted by atomic mass is 35.5. The molecule has 1 aromatic heterocycles. The number of hydrazone groups is 1. The minimum Gasteiger partial charge on any atom is -0.318 e. The van der Waals surface area contributed by atoms with E-state index in [4.69, 9.17) is 28.6 Å². The zero-order valence-corrected chi connectivity index (χ0v) is 16.7. The van der Waals surface area contributed by atoms with Gasteiger partial charge >= 0.3 is 0 Å². The monoisotopic (exact) mass is 417 g/mol. The summed E-state index contributed by atoms with van der Waals surface area (Å²) in [6.45, 7) is 3.89. The number of benzene rings is 1. The van der Waals surface area contributed by atoms with E-state index in [2.05, 4.69) is 10.1 Å². The number of hydrogen-bond acceptors (Lipinski definition) is 4. The summed E-state index contributed by atoms with van der Waals surface area (Å²) < 4.78 is 2.00. The zero-order valence-electron chi connectivity index (χ0n) is 14.3. The smallest absolute Gasteiger partial charge is 0.283 e. The Morgan fingerprint density at radius 3 is 2.56 bits per heavy atom. The largest absolute Gasteiger partial charge is 0.318 e. The second-order valence-corrected chi connectivity index (χ2v) is 7.73. The van der Waals surface area contributed by atoms with Gasteiger partial charge in [-0.2, -0.15) is 15.1 Å². The number of aromatic nitrogens is 1. The lowest BCUT2D eigenvalue weighted by Gasteiger charge is -2.20. The van der Waals surface area contributed by atoms with Crippen molar-refractivity contribution in [1.82, 2.24) is 9.58 Å². The first-order chi connectivity index (χ1) is 12.8. The number of nitrogens with one attached hydrogen (secondary N) is 1. The van der Waals surface area contributed by atoms with Gasteiger partial charge in [-0.15, -0.1) is 0 Å². The summed E-state index contributed by atoms with van der Waals surface area (Å²) in [5.74, 6) is -0.429. The van der Waals surface area contributed by atoms with Gasteiger partial charge in [0.05, 0.1) is 11.1 Å². The van der Waals surface area contributed by atoms with E-state index in [1.54, 1.807) is 17.7 Å². The van der Waals surface area contributed by atoms with Crippen LogP contribution in [0.3, 0.4) is 0 Å². The Morgan fingerprint density at radius 2 is 1.85 bits per heavy atom. The molecule has 136 valence electrons. The van der Waals surface area contributed by atoms with Crippen molar-refractivity contribution in [2.75, 3.05) is 0 Å². The van der Waals surface area contributed by atoms with Crippen LogP contribution in [-0.2, 0) is 4.79 Å². The van der Waals surface area contributed by atoms with Crippen molar-refractivity contribution in [1.29, 1.82) is 5.41 Å². The van der Waals surface area contributed by atoms with Crippen molar-refractivity contribution in [3.63, 3.8) is 0 Å². The maximum Gasteiger partial charge on any atom is 0.283 e. The van der Waals surface area contributed by atoms with E-state index in [0.717, 1.165) is 22.6 Å². The first kappa shape index (κ1) is 18.0. The maximum absolute atomic E-state index is 12.4. The topological polar surface area (TPSA) is 73.8 Å². The quantitative estimate of drug-likeness (QED) is 0.722. The van der Waals surface area contributed by atoms with Crippen LogP contribution in [0.4, 0.5) is 0 Å². The molecule has 0 atom stereocenters. The van der Waals surface area contributed by atoms with E-state index in [9.17, 15) is 4.79 Å². The van der Waals surface area contributed by atoms with Gasteiger partial charge in [0.15, 0.2) is 11.0 Å². The summed E-state index contributed by atoms with van der Waals surface area (Å²) in [6.07, 6.45) is 1.68. The first-order valence-corrected chi connectivity index (χ1v) is 9.57. The van der Waals surface area contributed by atoms with Crippen LogP contribution in [0.15, 0.2) is 39.9 Å². The number of amidine groups is 2. The zero-order chi connectivity index (χ0) is 19.3. The Morgan fingerprint density at radius 1 is 1.15 bits per heavy atom. The molecule has 2 aliphatic rings. The van der Waals surface area contributed by atoms with Gasteiger partial charge < -0.3 is 4.57 Å². The number of nitrogens with zero attached hydrogens (tertiary/aromatic N) is 4. The number of fused-ring (bicyclic) bond motifs is 1.